The van der Waals surface area contributed by atoms with E-state index >= 15 is 0 Å². The maximum Gasteiger partial charge on any atom is 0.253 e. The third-order valence-corrected chi connectivity index (χ3v) is 4.05. The normalized spacial score (nSPS) is 10.3. The van der Waals surface area contributed by atoms with Gasteiger partial charge in [-0.3, -0.25) is 9.59 Å². The first-order chi connectivity index (χ1) is 10.9. The molecule has 4 nitrogen and oxygen atoms in total. The Morgan fingerprint density at radius 1 is 1.09 bits per heavy atom. The fourth-order valence-electron chi connectivity index (χ4n) is 2.03. The zero-order chi connectivity index (χ0) is 17.0. The van der Waals surface area contributed by atoms with Crippen LogP contribution in [0.4, 0.5) is 0 Å². The summed E-state index contributed by atoms with van der Waals surface area (Å²) >= 11 is 11.9. The zero-order valence-corrected chi connectivity index (χ0v) is 14.3. The second-order valence-electron chi connectivity index (χ2n) is 5.18. The Kier molecular flexibility index (Phi) is 5.64. The summed E-state index contributed by atoms with van der Waals surface area (Å²) in [5, 5.41) is 3.33. The van der Waals surface area contributed by atoms with Crippen LogP contribution in [0, 0.1) is 0 Å². The smallest absolute Gasteiger partial charge is 0.253 e. The van der Waals surface area contributed by atoms with Crippen LogP contribution >= 0.6 is 23.2 Å². The van der Waals surface area contributed by atoms with Crippen LogP contribution in [0.3, 0.4) is 0 Å². The fraction of sp³-hybridized carbons (Fsp3) is 0.176. The molecule has 2 aromatic carbocycles. The molecule has 0 aromatic heterocycles. The van der Waals surface area contributed by atoms with Crippen molar-refractivity contribution in [3.63, 3.8) is 0 Å². The Hall–Kier alpha value is -2.04. The Morgan fingerprint density at radius 2 is 1.78 bits per heavy atom. The van der Waals surface area contributed by atoms with Crippen molar-refractivity contribution in [1.82, 2.24) is 10.2 Å². The topological polar surface area (TPSA) is 49.4 Å². The van der Waals surface area contributed by atoms with Crippen molar-refractivity contribution in [2.75, 3.05) is 14.1 Å². The maximum atomic E-state index is 12.2. The van der Waals surface area contributed by atoms with Crippen molar-refractivity contribution in [3.05, 3.63) is 69.2 Å². The summed E-state index contributed by atoms with van der Waals surface area (Å²) in [6.45, 7) is 0.288. The van der Waals surface area contributed by atoms with E-state index in [0.29, 0.717) is 16.1 Å². The number of carbonyl (C=O) groups is 2. The molecule has 0 bridgehead atoms. The number of carbonyl (C=O) groups excluding carboxylic acids is 2. The van der Waals surface area contributed by atoms with Crippen molar-refractivity contribution in [2.24, 2.45) is 0 Å². The van der Waals surface area contributed by atoms with Crippen LogP contribution in [0.2, 0.25) is 10.0 Å². The van der Waals surface area contributed by atoms with Gasteiger partial charge in [-0.05, 0) is 29.8 Å². The van der Waals surface area contributed by atoms with E-state index in [1.165, 1.54) is 4.90 Å². The van der Waals surface area contributed by atoms with E-state index in [4.69, 9.17) is 23.2 Å². The second-order valence-corrected chi connectivity index (χ2v) is 5.97. The summed E-state index contributed by atoms with van der Waals surface area (Å²) in [5.41, 5.74) is 1.71. The number of nitrogens with one attached hydrogen (secondary N) is 1. The molecule has 0 heterocycles. The van der Waals surface area contributed by atoms with Crippen LogP contribution in [-0.4, -0.2) is 30.8 Å². The molecule has 0 atom stereocenters. The molecule has 0 aliphatic heterocycles. The Labute approximate surface area is 145 Å². The molecule has 2 rings (SSSR count). The van der Waals surface area contributed by atoms with Crippen LogP contribution in [0.25, 0.3) is 0 Å². The van der Waals surface area contributed by atoms with Gasteiger partial charge in [0.1, 0.15) is 0 Å². The Balaban J connectivity index is 2.09. The van der Waals surface area contributed by atoms with Crippen molar-refractivity contribution in [2.45, 2.75) is 6.54 Å². The Bertz CT molecular complexity index is 745. The molecule has 2 amide bonds. The van der Waals surface area contributed by atoms with E-state index in [-0.39, 0.29) is 23.4 Å². The molecule has 120 valence electrons. The third-order valence-electron chi connectivity index (χ3n) is 3.23. The van der Waals surface area contributed by atoms with Gasteiger partial charge in [0.2, 0.25) is 0 Å². The number of amides is 2. The monoisotopic (exact) mass is 350 g/mol. The highest BCUT2D eigenvalue weighted by molar-refractivity contribution is 6.43. The molecule has 0 unspecified atom stereocenters. The van der Waals surface area contributed by atoms with E-state index in [2.05, 4.69) is 5.32 Å². The molecule has 0 saturated heterocycles. The molecular formula is C17H16Cl2N2O2. The molecule has 0 spiro atoms. The largest absolute Gasteiger partial charge is 0.348 e. The van der Waals surface area contributed by atoms with Crippen LogP contribution in [0.1, 0.15) is 26.3 Å². The molecule has 2 aromatic rings. The second kappa shape index (κ2) is 7.49. The summed E-state index contributed by atoms with van der Waals surface area (Å²) in [6, 6.07) is 12.0. The van der Waals surface area contributed by atoms with Crippen LogP contribution in [-0.2, 0) is 6.54 Å². The number of hydrogen-bond donors (Lipinski definition) is 1. The number of halogens is 2. The zero-order valence-electron chi connectivity index (χ0n) is 12.8. The fourth-order valence-corrected chi connectivity index (χ4v) is 2.42. The van der Waals surface area contributed by atoms with Crippen molar-refractivity contribution in [3.8, 4) is 0 Å². The van der Waals surface area contributed by atoms with E-state index < -0.39 is 0 Å². The lowest BCUT2D eigenvalue weighted by molar-refractivity contribution is 0.0827. The maximum absolute atomic E-state index is 12.2. The minimum Gasteiger partial charge on any atom is -0.348 e. The lowest BCUT2D eigenvalue weighted by Crippen LogP contribution is -2.24. The van der Waals surface area contributed by atoms with Crippen LogP contribution in [0.5, 0.6) is 0 Å². The van der Waals surface area contributed by atoms with Gasteiger partial charge in [0.05, 0.1) is 15.6 Å². The Morgan fingerprint density at radius 3 is 2.48 bits per heavy atom. The third kappa shape index (κ3) is 4.24. The molecule has 6 heteroatoms. The van der Waals surface area contributed by atoms with Gasteiger partial charge >= 0.3 is 0 Å². The molecule has 0 aliphatic carbocycles. The minimum atomic E-state index is -0.318. The molecule has 0 aliphatic rings. The number of hydrogen-bond acceptors (Lipinski definition) is 2. The van der Waals surface area contributed by atoms with Crippen molar-refractivity contribution < 1.29 is 9.59 Å². The summed E-state index contributed by atoms with van der Waals surface area (Å²) in [5.74, 6) is -0.405. The van der Waals surface area contributed by atoms with E-state index in [0.717, 1.165) is 5.56 Å². The first kappa shape index (κ1) is 17.3. The average Bonchev–Trinajstić information content (AvgIpc) is 2.54. The standard InChI is InChI=1S/C17H16Cl2N2O2/c1-21(2)17(23)12-6-3-5-11(9-12)10-20-16(22)13-7-4-8-14(18)15(13)19/h3-9H,10H2,1-2H3,(H,20,22). The quantitative estimate of drug-likeness (QED) is 0.915. The van der Waals surface area contributed by atoms with Gasteiger partial charge in [-0.1, -0.05) is 41.4 Å². The highest BCUT2D eigenvalue weighted by Gasteiger charge is 2.13. The number of nitrogens with zero attached hydrogens (tertiary/aromatic N) is 1. The number of rotatable bonds is 4. The molecule has 1 N–H and O–H groups in total. The minimum absolute atomic E-state index is 0.0870. The lowest BCUT2D eigenvalue weighted by atomic mass is 10.1. The molecule has 0 radical (unpaired) electrons. The summed E-state index contributed by atoms with van der Waals surface area (Å²) in [7, 11) is 3.38. The van der Waals surface area contributed by atoms with Gasteiger partial charge in [0.25, 0.3) is 11.8 Å². The molecule has 23 heavy (non-hydrogen) atoms. The highest BCUT2D eigenvalue weighted by Crippen LogP contribution is 2.25. The van der Waals surface area contributed by atoms with Gasteiger partial charge in [0, 0.05) is 26.2 Å². The first-order valence-corrected chi connectivity index (χ1v) is 7.68. The predicted octanol–water partition coefficient (Wildman–Crippen LogP) is 3.63. The number of benzene rings is 2. The van der Waals surface area contributed by atoms with Crippen LogP contribution in [0.15, 0.2) is 42.5 Å². The summed E-state index contributed by atoms with van der Waals surface area (Å²) in [6.07, 6.45) is 0. The van der Waals surface area contributed by atoms with Gasteiger partial charge < -0.3 is 10.2 Å². The van der Waals surface area contributed by atoms with Crippen LogP contribution < -0.4 is 5.32 Å². The van der Waals surface area contributed by atoms with Crippen molar-refractivity contribution in [1.29, 1.82) is 0 Å². The van der Waals surface area contributed by atoms with E-state index in [9.17, 15) is 9.59 Å². The van der Waals surface area contributed by atoms with Gasteiger partial charge in [-0.25, -0.2) is 0 Å². The highest BCUT2D eigenvalue weighted by atomic mass is 35.5. The first-order valence-electron chi connectivity index (χ1n) is 6.93. The molecular weight excluding hydrogens is 335 g/mol. The summed E-state index contributed by atoms with van der Waals surface area (Å²) < 4.78 is 0. The van der Waals surface area contributed by atoms with E-state index in [1.54, 1.807) is 50.5 Å². The molecule has 0 fully saturated rings. The average molecular weight is 351 g/mol. The molecule has 0 saturated carbocycles. The predicted molar refractivity (Wildman–Crippen MR) is 92.1 cm³/mol. The lowest BCUT2D eigenvalue weighted by Gasteiger charge is -2.12. The van der Waals surface area contributed by atoms with Gasteiger partial charge in [-0.15, -0.1) is 0 Å². The van der Waals surface area contributed by atoms with Gasteiger partial charge in [-0.2, -0.15) is 0 Å². The van der Waals surface area contributed by atoms with Gasteiger partial charge in [0.15, 0.2) is 0 Å². The van der Waals surface area contributed by atoms with E-state index in [1.807, 2.05) is 6.07 Å². The van der Waals surface area contributed by atoms with Crippen molar-refractivity contribution >= 4 is 35.0 Å². The SMILES string of the molecule is CN(C)C(=O)c1cccc(CNC(=O)c2cccc(Cl)c2Cl)c1. The summed E-state index contributed by atoms with van der Waals surface area (Å²) in [4.78, 5) is 25.6.